The van der Waals surface area contributed by atoms with Gasteiger partial charge in [0.25, 0.3) is 5.69 Å². The van der Waals surface area contributed by atoms with E-state index in [0.29, 0.717) is 5.56 Å². The van der Waals surface area contributed by atoms with E-state index in [2.05, 4.69) is 10.6 Å². The fourth-order valence-corrected chi connectivity index (χ4v) is 1.92. The van der Waals surface area contributed by atoms with Crippen LogP contribution in [0.2, 0.25) is 0 Å². The number of nitro benzene ring substituents is 1. The quantitative estimate of drug-likeness (QED) is 0.387. The zero-order chi connectivity index (χ0) is 17.7. The van der Waals surface area contributed by atoms with Gasteiger partial charge in [0.15, 0.2) is 5.78 Å². The summed E-state index contributed by atoms with van der Waals surface area (Å²) in [5.74, 6) is -2.25. The van der Waals surface area contributed by atoms with Gasteiger partial charge in [-0.2, -0.15) is 0 Å². The Morgan fingerprint density at radius 1 is 0.958 bits per heavy atom. The van der Waals surface area contributed by atoms with E-state index in [0.717, 1.165) is 0 Å². The van der Waals surface area contributed by atoms with Crippen LogP contribution in [0.4, 0.5) is 17.1 Å². The average molecular weight is 327 g/mol. The number of amides is 2. The van der Waals surface area contributed by atoms with Crippen molar-refractivity contribution in [3.63, 3.8) is 0 Å². The van der Waals surface area contributed by atoms with E-state index in [1.807, 2.05) is 0 Å². The Balaban J connectivity index is 2.11. The largest absolute Gasteiger partial charge is 0.318 e. The second-order valence-electron chi connectivity index (χ2n) is 4.82. The third-order valence-corrected chi connectivity index (χ3v) is 3.08. The van der Waals surface area contributed by atoms with Crippen molar-refractivity contribution in [3.8, 4) is 0 Å². The second kappa shape index (κ2) is 7.14. The average Bonchev–Trinajstić information content (AvgIpc) is 2.55. The number of nitrogens with zero attached hydrogens (tertiary/aromatic N) is 1. The van der Waals surface area contributed by atoms with E-state index in [9.17, 15) is 24.5 Å². The van der Waals surface area contributed by atoms with Crippen molar-refractivity contribution in [2.75, 3.05) is 10.6 Å². The zero-order valence-electron chi connectivity index (χ0n) is 12.6. The van der Waals surface area contributed by atoms with Crippen LogP contribution in [0, 0.1) is 10.1 Å². The summed E-state index contributed by atoms with van der Waals surface area (Å²) in [5, 5.41) is 15.4. The molecule has 2 rings (SSSR count). The molecule has 2 N–H and O–H groups in total. The lowest BCUT2D eigenvalue weighted by molar-refractivity contribution is -0.383. The number of para-hydroxylation sites is 2. The van der Waals surface area contributed by atoms with Crippen LogP contribution in [-0.4, -0.2) is 22.5 Å². The van der Waals surface area contributed by atoms with Crippen molar-refractivity contribution in [1.29, 1.82) is 0 Å². The van der Waals surface area contributed by atoms with Gasteiger partial charge in [-0.1, -0.05) is 24.3 Å². The van der Waals surface area contributed by atoms with Crippen molar-refractivity contribution in [2.45, 2.75) is 6.92 Å². The third kappa shape index (κ3) is 4.01. The molecule has 122 valence electrons. The summed E-state index contributed by atoms with van der Waals surface area (Å²) in [6, 6.07) is 11.6. The topological polar surface area (TPSA) is 118 Å². The van der Waals surface area contributed by atoms with Gasteiger partial charge in [0.05, 0.1) is 4.92 Å². The predicted molar refractivity (Wildman–Crippen MR) is 86.8 cm³/mol. The summed E-state index contributed by atoms with van der Waals surface area (Å²) in [4.78, 5) is 45.3. The fourth-order valence-electron chi connectivity index (χ4n) is 1.92. The Kier molecular flexibility index (Phi) is 5.00. The summed E-state index contributed by atoms with van der Waals surface area (Å²) < 4.78 is 0. The van der Waals surface area contributed by atoms with Crippen molar-refractivity contribution < 1.29 is 19.3 Å². The molecule has 2 amide bonds. The predicted octanol–water partition coefficient (Wildman–Crippen LogP) is 2.37. The van der Waals surface area contributed by atoms with Gasteiger partial charge >= 0.3 is 11.8 Å². The van der Waals surface area contributed by atoms with E-state index in [1.54, 1.807) is 12.1 Å². The minimum absolute atomic E-state index is 0.0832. The lowest BCUT2D eigenvalue weighted by Crippen LogP contribution is -2.29. The zero-order valence-corrected chi connectivity index (χ0v) is 12.6. The minimum Gasteiger partial charge on any atom is -0.318 e. The molecule has 0 bridgehead atoms. The van der Waals surface area contributed by atoms with Gasteiger partial charge < -0.3 is 10.6 Å². The number of nitro groups is 1. The normalized spacial score (nSPS) is 9.88. The number of ketones is 1. The number of benzene rings is 2. The number of carbonyl (C=O) groups is 3. The Morgan fingerprint density at radius 3 is 2.29 bits per heavy atom. The Morgan fingerprint density at radius 2 is 1.62 bits per heavy atom. The van der Waals surface area contributed by atoms with Crippen LogP contribution in [0.1, 0.15) is 17.3 Å². The van der Waals surface area contributed by atoms with Crippen LogP contribution in [0.15, 0.2) is 48.5 Å². The van der Waals surface area contributed by atoms with Gasteiger partial charge in [-0.05, 0) is 25.1 Å². The van der Waals surface area contributed by atoms with Gasteiger partial charge in [0.1, 0.15) is 5.69 Å². The number of anilines is 2. The summed E-state index contributed by atoms with van der Waals surface area (Å²) >= 11 is 0. The van der Waals surface area contributed by atoms with E-state index in [1.165, 1.54) is 43.3 Å². The highest BCUT2D eigenvalue weighted by molar-refractivity contribution is 6.43. The molecule has 0 spiro atoms. The first-order valence-corrected chi connectivity index (χ1v) is 6.85. The molecule has 0 aromatic heterocycles. The Hall–Kier alpha value is -3.55. The molecule has 8 heteroatoms. The molecule has 0 aliphatic carbocycles. The van der Waals surface area contributed by atoms with E-state index in [-0.39, 0.29) is 22.8 Å². The van der Waals surface area contributed by atoms with Crippen LogP contribution in [0.3, 0.4) is 0 Å². The van der Waals surface area contributed by atoms with Crippen LogP contribution >= 0.6 is 0 Å². The van der Waals surface area contributed by atoms with Crippen molar-refractivity contribution in [3.05, 3.63) is 64.2 Å². The molecule has 0 aliphatic heterocycles. The summed E-state index contributed by atoms with van der Waals surface area (Å²) in [6.07, 6.45) is 0. The lowest BCUT2D eigenvalue weighted by Gasteiger charge is -2.07. The molecule has 0 atom stereocenters. The third-order valence-electron chi connectivity index (χ3n) is 3.08. The second-order valence-corrected chi connectivity index (χ2v) is 4.82. The first-order valence-electron chi connectivity index (χ1n) is 6.85. The maximum Gasteiger partial charge on any atom is 0.314 e. The summed E-state index contributed by atoms with van der Waals surface area (Å²) in [7, 11) is 0. The van der Waals surface area contributed by atoms with Gasteiger partial charge in [-0.3, -0.25) is 24.5 Å². The molecule has 8 nitrogen and oxygen atoms in total. The number of carbonyl (C=O) groups excluding carboxylic acids is 3. The van der Waals surface area contributed by atoms with Crippen LogP contribution in [0.5, 0.6) is 0 Å². The maximum absolute atomic E-state index is 11.9. The van der Waals surface area contributed by atoms with Crippen LogP contribution in [0.25, 0.3) is 0 Å². The highest BCUT2D eigenvalue weighted by Crippen LogP contribution is 2.23. The number of Topliss-reactive ketones (excluding diaryl/α,β-unsaturated/α-hetero) is 1. The van der Waals surface area contributed by atoms with E-state index < -0.39 is 16.7 Å². The summed E-state index contributed by atoms with van der Waals surface area (Å²) in [6.45, 7) is 1.38. The first kappa shape index (κ1) is 16.8. The highest BCUT2D eigenvalue weighted by Gasteiger charge is 2.19. The molecule has 0 saturated carbocycles. The number of rotatable bonds is 4. The molecule has 0 aliphatic rings. The van der Waals surface area contributed by atoms with Gasteiger partial charge in [-0.15, -0.1) is 0 Å². The minimum atomic E-state index is -1.06. The standard InChI is InChI=1S/C16H13N3O5/c1-10(20)11-5-4-6-12(9-11)17-15(21)16(22)18-13-7-2-3-8-14(13)19(23)24/h2-9H,1H3,(H,17,21)(H,18,22). The molecule has 0 heterocycles. The van der Waals surface area contributed by atoms with Crippen LogP contribution in [-0.2, 0) is 9.59 Å². The molecule has 24 heavy (non-hydrogen) atoms. The molecule has 0 fully saturated rings. The van der Waals surface area contributed by atoms with Crippen molar-refractivity contribution in [1.82, 2.24) is 0 Å². The molecular formula is C16H13N3O5. The van der Waals surface area contributed by atoms with Gasteiger partial charge in [-0.25, -0.2) is 0 Å². The first-order chi connectivity index (χ1) is 11.4. The molecule has 0 unspecified atom stereocenters. The smallest absolute Gasteiger partial charge is 0.314 e. The maximum atomic E-state index is 11.9. The van der Waals surface area contributed by atoms with E-state index in [4.69, 9.17) is 0 Å². The molecule has 0 saturated heterocycles. The fraction of sp³-hybridized carbons (Fsp3) is 0.0625. The van der Waals surface area contributed by atoms with Crippen molar-refractivity contribution >= 4 is 34.7 Å². The molecule has 2 aromatic rings. The Labute approximate surface area is 136 Å². The number of hydrogen-bond acceptors (Lipinski definition) is 5. The molecule has 2 aromatic carbocycles. The highest BCUT2D eigenvalue weighted by atomic mass is 16.6. The summed E-state index contributed by atoms with van der Waals surface area (Å²) in [5.41, 5.74) is 0.245. The molecular weight excluding hydrogens is 314 g/mol. The SMILES string of the molecule is CC(=O)c1cccc(NC(=O)C(=O)Nc2ccccc2[N+](=O)[O-])c1. The van der Waals surface area contributed by atoms with E-state index >= 15 is 0 Å². The van der Waals surface area contributed by atoms with Gasteiger partial charge in [0, 0.05) is 17.3 Å². The molecule has 0 radical (unpaired) electrons. The number of nitrogens with one attached hydrogen (secondary N) is 2. The Bertz CT molecular complexity index is 832. The van der Waals surface area contributed by atoms with Gasteiger partial charge in [0.2, 0.25) is 0 Å². The lowest BCUT2D eigenvalue weighted by atomic mass is 10.1. The van der Waals surface area contributed by atoms with Crippen LogP contribution < -0.4 is 10.6 Å². The monoisotopic (exact) mass is 327 g/mol. The van der Waals surface area contributed by atoms with Crippen molar-refractivity contribution in [2.24, 2.45) is 0 Å². The number of hydrogen-bond donors (Lipinski definition) is 2.